The number of nitriles is 1. The Bertz CT molecular complexity index is 620. The maximum Gasteiger partial charge on any atom is 0.176 e. The third-order valence-corrected chi connectivity index (χ3v) is 3.03. The van der Waals surface area contributed by atoms with E-state index in [9.17, 15) is 4.39 Å². The molecule has 2 rings (SSSR count). The van der Waals surface area contributed by atoms with Crippen LogP contribution in [0.15, 0.2) is 30.5 Å². The summed E-state index contributed by atoms with van der Waals surface area (Å²) in [5.74, 6) is -0.680. The molecule has 5 heteroatoms. The van der Waals surface area contributed by atoms with Crippen molar-refractivity contribution in [1.29, 1.82) is 5.26 Å². The maximum atomic E-state index is 13.4. The first-order chi connectivity index (χ1) is 8.13. The summed E-state index contributed by atoms with van der Waals surface area (Å²) in [4.78, 5) is 3.71. The van der Waals surface area contributed by atoms with Gasteiger partial charge in [-0.1, -0.05) is 35.3 Å². The molecule has 0 atom stereocenters. The molecule has 0 N–H and O–H groups in total. The average Bonchev–Trinajstić information content (AvgIpc) is 2.32. The first-order valence-corrected chi connectivity index (χ1v) is 5.39. The lowest BCUT2D eigenvalue weighted by atomic mass is 10.1. The standard InChI is InChI=1S/C12H5Cl2FN2/c13-9-3-1-2-8(12(9)14)7-4-10(15)11(5-16)17-6-7/h1-4,6H. The monoisotopic (exact) mass is 266 g/mol. The molecule has 17 heavy (non-hydrogen) atoms. The lowest BCUT2D eigenvalue weighted by Crippen LogP contribution is -1.91. The summed E-state index contributed by atoms with van der Waals surface area (Å²) >= 11 is 11.9. The van der Waals surface area contributed by atoms with Crippen LogP contribution in [0.25, 0.3) is 11.1 Å². The molecule has 0 saturated carbocycles. The predicted octanol–water partition coefficient (Wildman–Crippen LogP) is 4.07. The second-order valence-electron chi connectivity index (χ2n) is 3.27. The number of hydrogen-bond donors (Lipinski definition) is 0. The Morgan fingerprint density at radius 2 is 2.06 bits per heavy atom. The Morgan fingerprint density at radius 3 is 2.71 bits per heavy atom. The summed E-state index contributed by atoms with van der Waals surface area (Å²) in [6.07, 6.45) is 1.39. The maximum absolute atomic E-state index is 13.4. The lowest BCUT2D eigenvalue weighted by molar-refractivity contribution is 0.617. The van der Waals surface area contributed by atoms with Crippen LogP contribution in [0.5, 0.6) is 0 Å². The number of hydrogen-bond acceptors (Lipinski definition) is 2. The molecule has 0 amide bonds. The average molecular weight is 267 g/mol. The van der Waals surface area contributed by atoms with Crippen molar-refractivity contribution in [2.75, 3.05) is 0 Å². The Hall–Kier alpha value is -1.63. The minimum atomic E-state index is -0.680. The van der Waals surface area contributed by atoms with Crippen molar-refractivity contribution in [2.45, 2.75) is 0 Å². The van der Waals surface area contributed by atoms with Gasteiger partial charge in [-0.2, -0.15) is 5.26 Å². The number of benzene rings is 1. The fraction of sp³-hybridized carbons (Fsp3) is 0. The van der Waals surface area contributed by atoms with Gasteiger partial charge in [0, 0.05) is 17.3 Å². The summed E-state index contributed by atoms with van der Waals surface area (Å²) < 4.78 is 13.4. The van der Waals surface area contributed by atoms with Gasteiger partial charge < -0.3 is 0 Å². The van der Waals surface area contributed by atoms with Gasteiger partial charge in [0.2, 0.25) is 0 Å². The van der Waals surface area contributed by atoms with Gasteiger partial charge in [-0.3, -0.25) is 0 Å². The van der Waals surface area contributed by atoms with Gasteiger partial charge in [-0.15, -0.1) is 0 Å². The molecule has 0 aliphatic carbocycles. The highest BCUT2D eigenvalue weighted by molar-refractivity contribution is 6.43. The van der Waals surface area contributed by atoms with E-state index < -0.39 is 5.82 Å². The first-order valence-electron chi connectivity index (χ1n) is 4.63. The molecule has 0 saturated heterocycles. The quantitative estimate of drug-likeness (QED) is 0.780. The van der Waals surface area contributed by atoms with Crippen LogP contribution in [0, 0.1) is 17.1 Å². The highest BCUT2D eigenvalue weighted by Crippen LogP contribution is 2.33. The van der Waals surface area contributed by atoms with Crippen molar-refractivity contribution < 1.29 is 4.39 Å². The van der Waals surface area contributed by atoms with Crippen LogP contribution in [-0.2, 0) is 0 Å². The van der Waals surface area contributed by atoms with Crippen LogP contribution in [0.2, 0.25) is 10.0 Å². The van der Waals surface area contributed by atoms with Gasteiger partial charge >= 0.3 is 0 Å². The molecule has 0 aliphatic heterocycles. The Kier molecular flexibility index (Phi) is 3.28. The number of nitrogens with zero attached hydrogens (tertiary/aromatic N) is 2. The predicted molar refractivity (Wildman–Crippen MR) is 64.4 cm³/mol. The molecule has 2 nitrogen and oxygen atoms in total. The second kappa shape index (κ2) is 4.70. The van der Waals surface area contributed by atoms with Crippen LogP contribution < -0.4 is 0 Å². The summed E-state index contributed by atoms with van der Waals surface area (Å²) in [6, 6.07) is 7.92. The van der Waals surface area contributed by atoms with Crippen LogP contribution in [0.1, 0.15) is 5.69 Å². The third-order valence-electron chi connectivity index (χ3n) is 2.21. The topological polar surface area (TPSA) is 36.7 Å². The third kappa shape index (κ3) is 2.23. The normalized spacial score (nSPS) is 10.0. The fourth-order valence-corrected chi connectivity index (χ4v) is 1.80. The Balaban J connectivity index is 2.59. The zero-order valence-corrected chi connectivity index (χ0v) is 9.93. The molecular weight excluding hydrogens is 262 g/mol. The van der Waals surface area contributed by atoms with Crippen molar-refractivity contribution in [1.82, 2.24) is 4.98 Å². The van der Waals surface area contributed by atoms with Gasteiger partial charge in [0.25, 0.3) is 0 Å². The van der Waals surface area contributed by atoms with Gasteiger partial charge in [-0.25, -0.2) is 9.37 Å². The van der Waals surface area contributed by atoms with E-state index in [1.165, 1.54) is 12.3 Å². The summed E-state index contributed by atoms with van der Waals surface area (Å²) in [5.41, 5.74) is 0.816. The summed E-state index contributed by atoms with van der Waals surface area (Å²) in [6.45, 7) is 0. The highest BCUT2D eigenvalue weighted by atomic mass is 35.5. The molecule has 84 valence electrons. The highest BCUT2D eigenvalue weighted by Gasteiger charge is 2.10. The van der Waals surface area contributed by atoms with Crippen LogP contribution in [0.4, 0.5) is 4.39 Å². The van der Waals surface area contributed by atoms with E-state index in [-0.39, 0.29) is 5.69 Å². The fourth-order valence-electron chi connectivity index (χ4n) is 1.39. The minimum Gasteiger partial charge on any atom is -0.242 e. The molecule has 0 spiro atoms. The van der Waals surface area contributed by atoms with Gasteiger partial charge in [0.1, 0.15) is 6.07 Å². The van der Waals surface area contributed by atoms with Crippen LogP contribution in [0.3, 0.4) is 0 Å². The van der Waals surface area contributed by atoms with Crippen molar-refractivity contribution in [3.8, 4) is 17.2 Å². The smallest absolute Gasteiger partial charge is 0.176 e. The van der Waals surface area contributed by atoms with Crippen molar-refractivity contribution in [3.05, 3.63) is 52.0 Å². The molecule has 0 unspecified atom stereocenters. The number of aromatic nitrogens is 1. The second-order valence-corrected chi connectivity index (χ2v) is 4.05. The minimum absolute atomic E-state index is 0.244. The van der Waals surface area contributed by atoms with E-state index in [4.69, 9.17) is 28.5 Å². The van der Waals surface area contributed by atoms with Gasteiger partial charge in [-0.05, 0) is 12.1 Å². The van der Waals surface area contributed by atoms with E-state index in [1.807, 2.05) is 0 Å². The SMILES string of the molecule is N#Cc1ncc(-c2cccc(Cl)c2Cl)cc1F. The number of pyridine rings is 1. The first kappa shape index (κ1) is 11.8. The van der Waals surface area contributed by atoms with E-state index in [2.05, 4.69) is 4.98 Å². The van der Waals surface area contributed by atoms with Gasteiger partial charge in [0.05, 0.1) is 10.0 Å². The molecule has 0 fully saturated rings. The molecule has 1 heterocycles. The van der Waals surface area contributed by atoms with Crippen LogP contribution in [-0.4, -0.2) is 4.98 Å². The molecule has 0 radical (unpaired) electrons. The van der Waals surface area contributed by atoms with E-state index in [0.29, 0.717) is 21.2 Å². The molecule has 2 aromatic rings. The molecule has 1 aromatic carbocycles. The Labute approximate surface area is 107 Å². The van der Waals surface area contributed by atoms with E-state index in [1.54, 1.807) is 24.3 Å². The Morgan fingerprint density at radius 1 is 1.29 bits per heavy atom. The van der Waals surface area contributed by atoms with E-state index in [0.717, 1.165) is 0 Å². The number of halogens is 3. The number of rotatable bonds is 1. The van der Waals surface area contributed by atoms with Gasteiger partial charge in [0.15, 0.2) is 11.5 Å². The lowest BCUT2D eigenvalue weighted by Gasteiger charge is -2.05. The largest absolute Gasteiger partial charge is 0.242 e. The van der Waals surface area contributed by atoms with E-state index >= 15 is 0 Å². The molecule has 1 aromatic heterocycles. The van der Waals surface area contributed by atoms with Crippen molar-refractivity contribution in [3.63, 3.8) is 0 Å². The molecule has 0 aliphatic rings. The van der Waals surface area contributed by atoms with Crippen LogP contribution >= 0.6 is 23.2 Å². The molecular formula is C12H5Cl2FN2. The zero-order chi connectivity index (χ0) is 12.4. The van der Waals surface area contributed by atoms with Crippen molar-refractivity contribution >= 4 is 23.2 Å². The van der Waals surface area contributed by atoms with Crippen molar-refractivity contribution in [2.24, 2.45) is 0 Å². The molecule has 0 bridgehead atoms. The summed E-state index contributed by atoms with van der Waals surface area (Å²) in [5, 5.41) is 9.30. The summed E-state index contributed by atoms with van der Waals surface area (Å²) in [7, 11) is 0. The zero-order valence-electron chi connectivity index (χ0n) is 8.42.